The van der Waals surface area contributed by atoms with E-state index >= 15 is 0 Å². The van der Waals surface area contributed by atoms with E-state index in [1.165, 1.54) is 18.0 Å². The molecule has 16 heavy (non-hydrogen) atoms. The number of nitrogens with zero attached hydrogens (tertiary/aromatic N) is 2. The van der Waals surface area contributed by atoms with Crippen molar-refractivity contribution in [3.05, 3.63) is 11.5 Å². The molecule has 1 N–H and O–H groups in total. The second kappa shape index (κ2) is 5.13. The summed E-state index contributed by atoms with van der Waals surface area (Å²) in [4.78, 5) is 3.74. The average molecular weight is 268 g/mol. The van der Waals surface area contributed by atoms with Crippen LogP contribution in [0.5, 0.6) is 0 Å². The van der Waals surface area contributed by atoms with Gasteiger partial charge in [0, 0.05) is 20.2 Å². The number of hydrogen-bond donors (Lipinski definition) is 1. The number of sulfonamides is 1. The van der Waals surface area contributed by atoms with E-state index in [-0.39, 0.29) is 22.8 Å². The Morgan fingerprint density at radius 1 is 1.69 bits per heavy atom. The van der Waals surface area contributed by atoms with Crippen molar-refractivity contribution in [3.63, 3.8) is 0 Å². The molecular weight excluding hydrogens is 254 g/mol. The Morgan fingerprint density at radius 2 is 2.31 bits per heavy atom. The molecule has 0 saturated carbocycles. The van der Waals surface area contributed by atoms with Crippen molar-refractivity contribution in [1.82, 2.24) is 14.3 Å². The van der Waals surface area contributed by atoms with Gasteiger partial charge in [0.15, 0.2) is 0 Å². The maximum atomic E-state index is 11.8. The van der Waals surface area contributed by atoms with E-state index in [4.69, 9.17) is 16.3 Å². The van der Waals surface area contributed by atoms with Gasteiger partial charge in [-0.05, 0) is 6.92 Å². The molecule has 1 aromatic rings. The summed E-state index contributed by atoms with van der Waals surface area (Å²) in [6, 6.07) is -0.340. The number of rotatable bonds is 5. The number of aromatic nitrogens is 2. The van der Waals surface area contributed by atoms with Crippen molar-refractivity contribution < 1.29 is 13.2 Å². The Kier molecular flexibility index (Phi) is 4.31. The standard InChI is InChI=1S/C8H14ClN3O3S/c1-6(4-15-3)11-16(13,14)8-7(9)12(2)5-10-8/h5-6,11H,4H2,1-3H3/t6-/m1/s1. The highest BCUT2D eigenvalue weighted by Crippen LogP contribution is 2.18. The van der Waals surface area contributed by atoms with Crippen LogP contribution in [0.2, 0.25) is 5.15 Å². The molecule has 0 spiro atoms. The fraction of sp³-hybridized carbons (Fsp3) is 0.625. The van der Waals surface area contributed by atoms with Crippen LogP contribution in [0.1, 0.15) is 6.92 Å². The lowest BCUT2D eigenvalue weighted by Crippen LogP contribution is -2.35. The maximum absolute atomic E-state index is 11.8. The zero-order valence-electron chi connectivity index (χ0n) is 9.27. The monoisotopic (exact) mass is 267 g/mol. The molecule has 1 heterocycles. The second-order valence-electron chi connectivity index (χ2n) is 3.43. The third-order valence-electron chi connectivity index (χ3n) is 1.86. The minimum atomic E-state index is -3.69. The lowest BCUT2D eigenvalue weighted by Gasteiger charge is -2.11. The van der Waals surface area contributed by atoms with E-state index in [0.29, 0.717) is 0 Å². The van der Waals surface area contributed by atoms with Crippen molar-refractivity contribution in [2.75, 3.05) is 13.7 Å². The number of hydrogen-bond acceptors (Lipinski definition) is 4. The van der Waals surface area contributed by atoms with Gasteiger partial charge in [-0.2, -0.15) is 0 Å². The summed E-state index contributed by atoms with van der Waals surface area (Å²) >= 11 is 5.80. The van der Waals surface area contributed by atoms with Gasteiger partial charge >= 0.3 is 0 Å². The van der Waals surface area contributed by atoms with Crippen LogP contribution in [-0.2, 0) is 21.8 Å². The highest BCUT2D eigenvalue weighted by molar-refractivity contribution is 7.89. The SMILES string of the molecule is COC[C@@H](C)NS(=O)(=O)c1ncn(C)c1Cl. The van der Waals surface area contributed by atoms with Crippen molar-refractivity contribution in [2.45, 2.75) is 18.0 Å². The Morgan fingerprint density at radius 3 is 2.75 bits per heavy atom. The molecule has 6 nitrogen and oxygen atoms in total. The fourth-order valence-corrected chi connectivity index (χ4v) is 2.84. The van der Waals surface area contributed by atoms with Gasteiger partial charge in [0.1, 0.15) is 5.15 Å². The van der Waals surface area contributed by atoms with E-state index in [0.717, 1.165) is 0 Å². The van der Waals surface area contributed by atoms with Crippen LogP contribution in [0.15, 0.2) is 11.4 Å². The van der Waals surface area contributed by atoms with Gasteiger partial charge < -0.3 is 9.30 Å². The molecule has 0 saturated heterocycles. The van der Waals surface area contributed by atoms with Crippen molar-refractivity contribution >= 4 is 21.6 Å². The van der Waals surface area contributed by atoms with Gasteiger partial charge in [-0.3, -0.25) is 0 Å². The fourth-order valence-electron chi connectivity index (χ4n) is 1.18. The normalized spacial score (nSPS) is 14.0. The molecule has 1 aromatic heterocycles. The van der Waals surface area contributed by atoms with Crippen molar-refractivity contribution in [2.24, 2.45) is 7.05 Å². The van der Waals surface area contributed by atoms with Gasteiger partial charge in [-0.1, -0.05) is 11.6 Å². The number of halogens is 1. The number of aryl methyl sites for hydroxylation is 1. The Hall–Kier alpha value is -0.630. The van der Waals surface area contributed by atoms with Crippen molar-refractivity contribution in [1.29, 1.82) is 0 Å². The molecule has 92 valence electrons. The van der Waals surface area contributed by atoms with E-state index in [1.54, 1.807) is 14.0 Å². The molecule has 1 rings (SSSR count). The molecule has 0 aliphatic carbocycles. The van der Waals surface area contributed by atoms with Gasteiger partial charge in [-0.25, -0.2) is 18.1 Å². The van der Waals surface area contributed by atoms with Crippen molar-refractivity contribution in [3.8, 4) is 0 Å². The first kappa shape index (κ1) is 13.4. The van der Waals surface area contributed by atoms with Crippen LogP contribution < -0.4 is 4.72 Å². The third-order valence-corrected chi connectivity index (χ3v) is 3.94. The molecule has 0 aliphatic heterocycles. The van der Waals surface area contributed by atoms with Gasteiger partial charge in [0.2, 0.25) is 5.03 Å². The first-order chi connectivity index (χ1) is 7.38. The van der Waals surface area contributed by atoms with Gasteiger partial charge in [-0.15, -0.1) is 0 Å². The highest BCUT2D eigenvalue weighted by Gasteiger charge is 2.23. The molecule has 8 heteroatoms. The molecule has 0 unspecified atom stereocenters. The number of ether oxygens (including phenoxy) is 1. The lowest BCUT2D eigenvalue weighted by molar-refractivity contribution is 0.180. The summed E-state index contributed by atoms with van der Waals surface area (Å²) in [5.74, 6) is 0. The van der Waals surface area contributed by atoms with Crippen LogP contribution in [0.3, 0.4) is 0 Å². The predicted octanol–water partition coefficient (Wildman–Crippen LogP) is 0.387. The Balaban J connectivity index is 2.90. The summed E-state index contributed by atoms with van der Waals surface area (Å²) in [5, 5.41) is -0.0864. The van der Waals surface area contributed by atoms with Crippen LogP contribution >= 0.6 is 11.6 Å². The van der Waals surface area contributed by atoms with Gasteiger partial charge in [0.25, 0.3) is 10.0 Å². The predicted molar refractivity (Wildman–Crippen MR) is 59.9 cm³/mol. The molecule has 0 bridgehead atoms. The summed E-state index contributed by atoms with van der Waals surface area (Å²) in [7, 11) is -0.569. The first-order valence-electron chi connectivity index (χ1n) is 4.56. The molecular formula is C8H14ClN3O3S. The molecule has 0 fully saturated rings. The zero-order valence-corrected chi connectivity index (χ0v) is 10.8. The van der Waals surface area contributed by atoms with E-state index in [2.05, 4.69) is 9.71 Å². The second-order valence-corrected chi connectivity index (χ2v) is 5.42. The number of nitrogens with one attached hydrogen (secondary N) is 1. The van der Waals surface area contributed by atoms with E-state index in [1.807, 2.05) is 0 Å². The largest absolute Gasteiger partial charge is 0.383 e. The molecule has 1 atom stereocenters. The van der Waals surface area contributed by atoms with Crippen LogP contribution in [0.4, 0.5) is 0 Å². The molecule has 0 aromatic carbocycles. The summed E-state index contributed by atoms with van der Waals surface area (Å²) < 4.78 is 32.3. The Bertz CT molecular complexity index is 457. The lowest BCUT2D eigenvalue weighted by atomic mass is 10.4. The average Bonchev–Trinajstić information content (AvgIpc) is 2.47. The summed E-state index contributed by atoms with van der Waals surface area (Å²) in [6.45, 7) is 1.97. The smallest absolute Gasteiger partial charge is 0.261 e. The van der Waals surface area contributed by atoms with E-state index < -0.39 is 10.0 Å². The molecule has 0 aliphatic rings. The maximum Gasteiger partial charge on any atom is 0.261 e. The van der Waals surface area contributed by atoms with E-state index in [9.17, 15) is 8.42 Å². The van der Waals surface area contributed by atoms with Gasteiger partial charge in [0.05, 0.1) is 12.9 Å². The molecule has 0 radical (unpaired) electrons. The number of methoxy groups -OCH3 is 1. The number of imidazole rings is 1. The minimum absolute atomic E-state index is 0.0807. The quantitative estimate of drug-likeness (QED) is 0.837. The van der Waals surface area contributed by atoms with Crippen LogP contribution in [-0.4, -0.2) is 37.7 Å². The van der Waals surface area contributed by atoms with Crippen LogP contribution in [0.25, 0.3) is 0 Å². The molecule has 0 amide bonds. The highest BCUT2D eigenvalue weighted by atomic mass is 35.5. The summed E-state index contributed by atoms with van der Waals surface area (Å²) in [6.07, 6.45) is 1.35. The minimum Gasteiger partial charge on any atom is -0.383 e. The third kappa shape index (κ3) is 2.94. The topological polar surface area (TPSA) is 73.2 Å². The summed E-state index contributed by atoms with van der Waals surface area (Å²) in [5.41, 5.74) is 0. The first-order valence-corrected chi connectivity index (χ1v) is 6.42. The van der Waals surface area contributed by atoms with Crippen LogP contribution in [0, 0.1) is 0 Å². The zero-order chi connectivity index (χ0) is 12.3. The Labute approximate surface area is 99.6 Å².